The van der Waals surface area contributed by atoms with Gasteiger partial charge in [0.25, 0.3) is 0 Å². The first kappa shape index (κ1) is 16.0. The van der Waals surface area contributed by atoms with E-state index >= 15 is 0 Å². The summed E-state index contributed by atoms with van der Waals surface area (Å²) in [4.78, 5) is 14.0. The molecule has 1 heterocycles. The van der Waals surface area contributed by atoms with Gasteiger partial charge >= 0.3 is 0 Å². The van der Waals surface area contributed by atoms with Crippen molar-refractivity contribution in [2.75, 3.05) is 10.7 Å². The molecule has 21 heavy (non-hydrogen) atoms. The molecule has 1 aliphatic rings. The van der Waals surface area contributed by atoms with E-state index in [0.29, 0.717) is 10.7 Å². The fraction of sp³-hybridized carbons (Fsp3) is 0.400. The number of carbonyl (C=O) groups excluding carboxylic acids is 1. The molecule has 6 heteroatoms. The van der Waals surface area contributed by atoms with Gasteiger partial charge in [0.1, 0.15) is 0 Å². The number of hydrogen-bond donors (Lipinski definition) is 0. The summed E-state index contributed by atoms with van der Waals surface area (Å²) in [5.74, 6) is -0.444. The lowest BCUT2D eigenvalue weighted by Gasteiger charge is -2.29. The molecule has 1 aromatic carbocycles. The lowest BCUT2D eigenvalue weighted by molar-refractivity contribution is -0.121. The molecule has 0 saturated heterocycles. The molecule has 2 rings (SSSR count). The van der Waals surface area contributed by atoms with Crippen molar-refractivity contribution >= 4 is 33.0 Å². The Morgan fingerprint density at radius 1 is 1.38 bits per heavy atom. The molecule has 0 fully saturated rings. The molecule has 1 atom stereocenters. The van der Waals surface area contributed by atoms with E-state index in [1.807, 2.05) is 13.0 Å². The summed E-state index contributed by atoms with van der Waals surface area (Å²) < 4.78 is 23.3. The fourth-order valence-electron chi connectivity index (χ4n) is 2.21. The molecule has 1 amide bonds. The minimum atomic E-state index is -3.23. The second-order valence-corrected chi connectivity index (χ2v) is 7.86. The number of aryl methyl sites for hydroxylation is 1. The molecule has 0 spiro atoms. The molecule has 1 aromatic rings. The Kier molecular flexibility index (Phi) is 4.44. The van der Waals surface area contributed by atoms with Gasteiger partial charge in [0.2, 0.25) is 5.91 Å². The minimum Gasteiger partial charge on any atom is -0.304 e. The Balaban J connectivity index is 2.44. The number of rotatable bonds is 3. The van der Waals surface area contributed by atoms with Crippen LogP contribution in [0.4, 0.5) is 5.69 Å². The fourth-order valence-corrected chi connectivity index (χ4v) is 3.65. The van der Waals surface area contributed by atoms with Gasteiger partial charge in [0.05, 0.1) is 11.8 Å². The number of hydrogen-bond acceptors (Lipinski definition) is 3. The lowest BCUT2D eigenvalue weighted by Crippen LogP contribution is -2.43. The van der Waals surface area contributed by atoms with E-state index in [4.69, 9.17) is 11.6 Å². The van der Waals surface area contributed by atoms with Crippen LogP contribution < -0.4 is 4.90 Å². The normalized spacial score (nSPS) is 20.0. The lowest BCUT2D eigenvalue weighted by atomic mass is 10.1. The van der Waals surface area contributed by atoms with Crippen LogP contribution in [0.5, 0.6) is 0 Å². The molecule has 0 bridgehead atoms. The maximum absolute atomic E-state index is 12.5. The Morgan fingerprint density at radius 2 is 2.05 bits per heavy atom. The predicted molar refractivity (Wildman–Crippen MR) is 85.2 cm³/mol. The number of halogens is 1. The first-order valence-corrected chi connectivity index (χ1v) is 8.81. The quantitative estimate of drug-likeness (QED) is 0.857. The van der Waals surface area contributed by atoms with Gasteiger partial charge in [0, 0.05) is 22.0 Å². The van der Waals surface area contributed by atoms with Gasteiger partial charge in [-0.25, -0.2) is 8.42 Å². The second kappa shape index (κ2) is 5.81. The van der Waals surface area contributed by atoms with Gasteiger partial charge in [-0.3, -0.25) is 4.79 Å². The average Bonchev–Trinajstić information content (AvgIpc) is 2.74. The van der Waals surface area contributed by atoms with E-state index < -0.39 is 15.9 Å². The maximum Gasteiger partial charge on any atom is 0.230 e. The van der Waals surface area contributed by atoms with Gasteiger partial charge in [-0.05, 0) is 30.7 Å². The Morgan fingerprint density at radius 3 is 2.52 bits per heavy atom. The van der Waals surface area contributed by atoms with Crippen molar-refractivity contribution in [3.8, 4) is 0 Å². The first-order chi connectivity index (χ1) is 9.71. The molecule has 0 radical (unpaired) electrons. The third-order valence-electron chi connectivity index (χ3n) is 3.41. The van der Waals surface area contributed by atoms with E-state index in [1.54, 1.807) is 32.1 Å². The van der Waals surface area contributed by atoms with Crippen molar-refractivity contribution < 1.29 is 13.2 Å². The maximum atomic E-state index is 12.5. The Bertz CT molecular complexity index is 695. The van der Waals surface area contributed by atoms with Crippen LogP contribution in [-0.2, 0) is 14.6 Å². The third-order valence-corrected chi connectivity index (χ3v) is 5.19. The van der Waals surface area contributed by atoms with Crippen LogP contribution >= 0.6 is 11.6 Å². The van der Waals surface area contributed by atoms with Gasteiger partial charge in [0.15, 0.2) is 9.84 Å². The molecule has 114 valence electrons. The second-order valence-electron chi connectivity index (χ2n) is 5.52. The zero-order chi connectivity index (χ0) is 15.8. The predicted octanol–water partition coefficient (Wildman–Crippen LogP) is 2.95. The van der Waals surface area contributed by atoms with Crippen LogP contribution in [0.25, 0.3) is 0 Å². The topological polar surface area (TPSA) is 54.5 Å². The highest BCUT2D eigenvalue weighted by atomic mass is 35.5. The summed E-state index contributed by atoms with van der Waals surface area (Å²) in [5, 5.41) is 1.73. The molecule has 0 saturated carbocycles. The number of amides is 1. The molecular weight excluding hydrogens is 310 g/mol. The standard InChI is InChI=1S/C15H18ClNO3S/c1-10(2)15(18)17(13-6-7-21(19,20)9-13)12-5-4-11(3)14(16)8-12/h4-8,10,13H,9H2,1-3H3/t13-/m0/s1. The molecule has 0 unspecified atom stereocenters. The number of nitrogens with zero attached hydrogens (tertiary/aromatic N) is 1. The minimum absolute atomic E-state index is 0.0864. The van der Waals surface area contributed by atoms with Crippen molar-refractivity contribution in [3.05, 3.63) is 40.3 Å². The molecule has 0 aromatic heterocycles. The van der Waals surface area contributed by atoms with E-state index in [1.165, 1.54) is 10.3 Å². The zero-order valence-electron chi connectivity index (χ0n) is 12.2. The highest BCUT2D eigenvalue weighted by Gasteiger charge is 2.32. The van der Waals surface area contributed by atoms with Crippen molar-refractivity contribution in [3.63, 3.8) is 0 Å². The van der Waals surface area contributed by atoms with Gasteiger partial charge in [-0.15, -0.1) is 0 Å². The van der Waals surface area contributed by atoms with Crippen LogP contribution in [0.15, 0.2) is 29.7 Å². The van der Waals surface area contributed by atoms with Crippen molar-refractivity contribution in [1.29, 1.82) is 0 Å². The van der Waals surface area contributed by atoms with Crippen molar-refractivity contribution in [1.82, 2.24) is 0 Å². The van der Waals surface area contributed by atoms with Gasteiger partial charge < -0.3 is 4.90 Å². The Labute approximate surface area is 130 Å². The zero-order valence-corrected chi connectivity index (χ0v) is 13.8. The van der Waals surface area contributed by atoms with E-state index in [2.05, 4.69) is 0 Å². The van der Waals surface area contributed by atoms with Crippen molar-refractivity contribution in [2.45, 2.75) is 26.8 Å². The number of anilines is 1. The smallest absolute Gasteiger partial charge is 0.230 e. The molecular formula is C15H18ClNO3S. The number of sulfone groups is 1. The molecule has 0 N–H and O–H groups in total. The summed E-state index contributed by atoms with van der Waals surface area (Å²) in [6, 6.07) is 4.84. The summed E-state index contributed by atoms with van der Waals surface area (Å²) in [5.41, 5.74) is 1.53. The molecule has 1 aliphatic heterocycles. The highest BCUT2D eigenvalue weighted by molar-refractivity contribution is 7.94. The monoisotopic (exact) mass is 327 g/mol. The van der Waals surface area contributed by atoms with Crippen LogP contribution in [0.1, 0.15) is 19.4 Å². The largest absolute Gasteiger partial charge is 0.304 e. The summed E-state index contributed by atoms with van der Waals surface area (Å²) in [6.07, 6.45) is 1.56. The SMILES string of the molecule is Cc1ccc(N(C(=O)C(C)C)[C@H]2C=CS(=O)(=O)C2)cc1Cl. The first-order valence-electron chi connectivity index (χ1n) is 6.71. The summed E-state index contributed by atoms with van der Waals surface area (Å²) >= 11 is 6.13. The van der Waals surface area contributed by atoms with Crippen LogP contribution in [0, 0.1) is 12.8 Å². The molecule has 0 aliphatic carbocycles. The average molecular weight is 328 g/mol. The van der Waals surface area contributed by atoms with E-state index in [0.717, 1.165) is 5.56 Å². The summed E-state index contributed by atoms with van der Waals surface area (Å²) in [6.45, 7) is 5.46. The molecule has 4 nitrogen and oxygen atoms in total. The third kappa shape index (κ3) is 3.47. The van der Waals surface area contributed by atoms with E-state index in [-0.39, 0.29) is 17.6 Å². The van der Waals surface area contributed by atoms with Crippen LogP contribution in [0.2, 0.25) is 5.02 Å². The van der Waals surface area contributed by atoms with Crippen LogP contribution in [-0.4, -0.2) is 26.1 Å². The number of carbonyl (C=O) groups is 1. The van der Waals surface area contributed by atoms with Crippen LogP contribution in [0.3, 0.4) is 0 Å². The number of benzene rings is 1. The van der Waals surface area contributed by atoms with Crippen molar-refractivity contribution in [2.24, 2.45) is 5.92 Å². The Hall–Kier alpha value is -1.33. The van der Waals surface area contributed by atoms with Gasteiger partial charge in [-0.1, -0.05) is 31.5 Å². The summed E-state index contributed by atoms with van der Waals surface area (Å²) in [7, 11) is -3.23. The highest BCUT2D eigenvalue weighted by Crippen LogP contribution is 2.28. The van der Waals surface area contributed by atoms with Gasteiger partial charge in [-0.2, -0.15) is 0 Å². The van der Waals surface area contributed by atoms with E-state index in [9.17, 15) is 13.2 Å².